The van der Waals surface area contributed by atoms with Crippen molar-refractivity contribution in [2.24, 2.45) is 11.3 Å². The third-order valence-corrected chi connectivity index (χ3v) is 5.93. The molecule has 1 spiro atoms. The number of rotatable bonds is 4. The van der Waals surface area contributed by atoms with Crippen LogP contribution in [0, 0.1) is 18.3 Å². The van der Waals surface area contributed by atoms with Gasteiger partial charge >= 0.3 is 0 Å². The van der Waals surface area contributed by atoms with Gasteiger partial charge in [0.2, 0.25) is 5.91 Å². The van der Waals surface area contributed by atoms with Crippen LogP contribution in [0.4, 0.5) is 0 Å². The van der Waals surface area contributed by atoms with E-state index in [9.17, 15) is 9.59 Å². The van der Waals surface area contributed by atoms with Crippen molar-refractivity contribution >= 4 is 11.8 Å². The standard InChI is InChI=1S/C22H25N3O2/c1-16-6-5-7-17(12-16)20(26)25-11-9-22(15-25)13-19(22)21(27)24(2)14-18-8-3-4-10-23-18/h3-8,10,12,19H,9,11,13-15H2,1-2H3/t19-,22+/m1/s1. The first kappa shape index (κ1) is 17.7. The molecule has 140 valence electrons. The first-order valence-electron chi connectivity index (χ1n) is 9.49. The summed E-state index contributed by atoms with van der Waals surface area (Å²) in [7, 11) is 1.84. The minimum Gasteiger partial charge on any atom is -0.340 e. The molecule has 2 aliphatic rings. The summed E-state index contributed by atoms with van der Waals surface area (Å²) < 4.78 is 0. The molecule has 1 aromatic carbocycles. The highest BCUT2D eigenvalue weighted by Gasteiger charge is 2.61. The maximum atomic E-state index is 12.9. The van der Waals surface area contributed by atoms with Crippen LogP contribution in [0.5, 0.6) is 0 Å². The molecular formula is C22H25N3O2. The molecule has 5 heteroatoms. The molecule has 2 atom stereocenters. The average molecular weight is 363 g/mol. The van der Waals surface area contributed by atoms with Gasteiger partial charge in [-0.2, -0.15) is 0 Å². The number of aryl methyl sites for hydroxylation is 1. The van der Waals surface area contributed by atoms with Gasteiger partial charge in [-0.15, -0.1) is 0 Å². The number of hydrogen-bond donors (Lipinski definition) is 0. The maximum absolute atomic E-state index is 12.9. The van der Waals surface area contributed by atoms with Gasteiger partial charge in [-0.05, 0) is 44.0 Å². The van der Waals surface area contributed by atoms with Crippen LogP contribution in [0.25, 0.3) is 0 Å². The number of carbonyl (C=O) groups is 2. The lowest BCUT2D eigenvalue weighted by Gasteiger charge is -2.19. The molecule has 2 amide bonds. The zero-order valence-electron chi connectivity index (χ0n) is 15.9. The van der Waals surface area contributed by atoms with Crippen LogP contribution in [0.2, 0.25) is 0 Å². The van der Waals surface area contributed by atoms with Crippen molar-refractivity contribution in [2.75, 3.05) is 20.1 Å². The van der Waals surface area contributed by atoms with E-state index in [2.05, 4.69) is 4.98 Å². The van der Waals surface area contributed by atoms with E-state index in [1.54, 1.807) is 11.1 Å². The predicted molar refractivity (Wildman–Crippen MR) is 103 cm³/mol. The monoisotopic (exact) mass is 363 g/mol. The molecule has 1 saturated carbocycles. The van der Waals surface area contributed by atoms with Gasteiger partial charge in [0, 0.05) is 43.2 Å². The van der Waals surface area contributed by atoms with E-state index in [1.807, 2.05) is 61.3 Å². The van der Waals surface area contributed by atoms with E-state index < -0.39 is 0 Å². The van der Waals surface area contributed by atoms with Crippen LogP contribution in [-0.2, 0) is 11.3 Å². The molecule has 0 radical (unpaired) electrons. The highest BCUT2D eigenvalue weighted by molar-refractivity contribution is 5.95. The smallest absolute Gasteiger partial charge is 0.253 e. The summed E-state index contributed by atoms with van der Waals surface area (Å²) in [4.78, 5) is 33.6. The molecule has 0 N–H and O–H groups in total. The number of likely N-dealkylation sites (tertiary alicyclic amines) is 1. The Morgan fingerprint density at radius 1 is 1.26 bits per heavy atom. The quantitative estimate of drug-likeness (QED) is 0.839. The minimum absolute atomic E-state index is 0.0189. The number of aromatic nitrogens is 1. The molecule has 1 aliphatic heterocycles. The summed E-state index contributed by atoms with van der Waals surface area (Å²) >= 11 is 0. The Labute approximate surface area is 160 Å². The van der Waals surface area contributed by atoms with Crippen LogP contribution >= 0.6 is 0 Å². The second kappa shape index (κ2) is 6.80. The zero-order valence-corrected chi connectivity index (χ0v) is 15.9. The van der Waals surface area contributed by atoms with Gasteiger partial charge in [0.15, 0.2) is 0 Å². The Morgan fingerprint density at radius 3 is 2.85 bits per heavy atom. The van der Waals surface area contributed by atoms with Crippen LogP contribution in [0.3, 0.4) is 0 Å². The highest BCUT2D eigenvalue weighted by Crippen LogP contribution is 2.59. The van der Waals surface area contributed by atoms with Gasteiger partial charge in [0.25, 0.3) is 5.91 Å². The number of benzene rings is 1. The fourth-order valence-electron chi connectivity index (χ4n) is 4.26. The van der Waals surface area contributed by atoms with E-state index in [4.69, 9.17) is 0 Å². The lowest BCUT2D eigenvalue weighted by Crippen LogP contribution is -2.32. The number of carbonyl (C=O) groups excluding carboxylic acids is 2. The molecule has 0 bridgehead atoms. The van der Waals surface area contributed by atoms with Crippen molar-refractivity contribution in [1.29, 1.82) is 0 Å². The van der Waals surface area contributed by atoms with Gasteiger partial charge in [0.1, 0.15) is 0 Å². The Morgan fingerprint density at radius 2 is 2.11 bits per heavy atom. The van der Waals surface area contributed by atoms with Gasteiger partial charge in [-0.25, -0.2) is 0 Å². The van der Waals surface area contributed by atoms with Gasteiger partial charge in [-0.1, -0.05) is 23.8 Å². The van der Waals surface area contributed by atoms with Gasteiger partial charge < -0.3 is 9.80 Å². The summed E-state index contributed by atoms with van der Waals surface area (Å²) in [6.45, 7) is 3.95. The number of nitrogens with zero attached hydrogens (tertiary/aromatic N) is 3. The van der Waals surface area contributed by atoms with Gasteiger partial charge in [-0.3, -0.25) is 14.6 Å². The van der Waals surface area contributed by atoms with Crippen molar-refractivity contribution in [1.82, 2.24) is 14.8 Å². The summed E-state index contributed by atoms with van der Waals surface area (Å²) in [6.07, 6.45) is 3.55. The SMILES string of the molecule is Cc1cccc(C(=O)N2CC[C@]3(C[C@@H]3C(=O)N(C)Cc3ccccn3)C2)c1. The largest absolute Gasteiger partial charge is 0.340 e. The lowest BCUT2D eigenvalue weighted by atomic mass is 10.0. The number of pyridine rings is 1. The molecule has 2 heterocycles. The maximum Gasteiger partial charge on any atom is 0.253 e. The van der Waals surface area contributed by atoms with Crippen LogP contribution in [0.1, 0.15) is 34.5 Å². The second-order valence-electron chi connectivity index (χ2n) is 7.98. The Balaban J connectivity index is 1.38. The molecule has 5 nitrogen and oxygen atoms in total. The van der Waals surface area contributed by atoms with Crippen molar-refractivity contribution in [3.05, 3.63) is 65.5 Å². The number of hydrogen-bond acceptors (Lipinski definition) is 3. The molecular weight excluding hydrogens is 338 g/mol. The molecule has 1 aliphatic carbocycles. The molecule has 0 unspecified atom stereocenters. The summed E-state index contributed by atoms with van der Waals surface area (Å²) in [5.41, 5.74) is 2.70. The molecule has 27 heavy (non-hydrogen) atoms. The van der Waals surface area contributed by atoms with E-state index in [-0.39, 0.29) is 23.1 Å². The first-order valence-corrected chi connectivity index (χ1v) is 9.49. The fraction of sp³-hybridized carbons (Fsp3) is 0.409. The van der Waals surface area contributed by atoms with Crippen LogP contribution in [0.15, 0.2) is 48.7 Å². The van der Waals surface area contributed by atoms with Crippen molar-refractivity contribution in [3.63, 3.8) is 0 Å². The summed E-state index contributed by atoms with van der Waals surface area (Å²) in [5, 5.41) is 0. The first-order chi connectivity index (χ1) is 13.0. The Hall–Kier alpha value is -2.69. The average Bonchev–Trinajstić information content (AvgIpc) is 3.20. The fourth-order valence-corrected chi connectivity index (χ4v) is 4.26. The van der Waals surface area contributed by atoms with Crippen LogP contribution in [-0.4, -0.2) is 46.7 Å². The lowest BCUT2D eigenvalue weighted by molar-refractivity contribution is -0.132. The Bertz CT molecular complexity index is 867. The van der Waals surface area contributed by atoms with E-state index in [1.165, 1.54) is 0 Å². The molecule has 1 aromatic heterocycles. The molecule has 1 saturated heterocycles. The van der Waals surface area contributed by atoms with E-state index in [0.29, 0.717) is 13.1 Å². The van der Waals surface area contributed by atoms with Crippen molar-refractivity contribution in [2.45, 2.75) is 26.3 Å². The molecule has 4 rings (SSSR count). The summed E-state index contributed by atoms with van der Waals surface area (Å²) in [6, 6.07) is 13.5. The van der Waals surface area contributed by atoms with E-state index >= 15 is 0 Å². The van der Waals surface area contributed by atoms with Gasteiger partial charge in [0.05, 0.1) is 12.2 Å². The normalized spacial score (nSPS) is 23.5. The third kappa shape index (κ3) is 3.46. The Kier molecular flexibility index (Phi) is 4.46. The second-order valence-corrected chi connectivity index (χ2v) is 7.98. The minimum atomic E-state index is -0.0189. The van der Waals surface area contributed by atoms with Crippen molar-refractivity contribution in [3.8, 4) is 0 Å². The third-order valence-electron chi connectivity index (χ3n) is 5.93. The molecule has 2 fully saturated rings. The summed E-state index contributed by atoms with van der Waals surface area (Å²) in [5.74, 6) is 0.280. The number of amides is 2. The van der Waals surface area contributed by atoms with Crippen LogP contribution < -0.4 is 0 Å². The highest BCUT2D eigenvalue weighted by atomic mass is 16.2. The topological polar surface area (TPSA) is 53.5 Å². The van der Waals surface area contributed by atoms with Crippen molar-refractivity contribution < 1.29 is 9.59 Å². The zero-order chi connectivity index (χ0) is 19.0. The predicted octanol–water partition coefficient (Wildman–Crippen LogP) is 2.90. The molecule has 2 aromatic rings. The van der Waals surface area contributed by atoms with E-state index in [0.717, 1.165) is 36.2 Å².